The highest BCUT2D eigenvalue weighted by molar-refractivity contribution is 5.15. The predicted molar refractivity (Wildman–Crippen MR) is 70.9 cm³/mol. The SMILES string of the molecule is COC1O[C@@H]2[C@H](O)CC[C@]2(OCc2ccccc2)[C@H]1O. The normalized spacial score (nSPS) is 40.0. The van der Waals surface area contributed by atoms with Gasteiger partial charge in [-0.25, -0.2) is 0 Å². The molecule has 0 bridgehead atoms. The van der Waals surface area contributed by atoms with E-state index in [1.54, 1.807) is 0 Å². The molecule has 1 aliphatic heterocycles. The summed E-state index contributed by atoms with van der Waals surface area (Å²) in [7, 11) is 1.48. The highest BCUT2D eigenvalue weighted by atomic mass is 16.7. The molecule has 1 saturated carbocycles. The molecule has 2 fully saturated rings. The van der Waals surface area contributed by atoms with E-state index in [0.29, 0.717) is 19.4 Å². The van der Waals surface area contributed by atoms with Gasteiger partial charge in [0.25, 0.3) is 0 Å². The maximum Gasteiger partial charge on any atom is 0.186 e. The van der Waals surface area contributed by atoms with Crippen LogP contribution in [0.15, 0.2) is 30.3 Å². The number of aliphatic hydroxyl groups is 2. The van der Waals surface area contributed by atoms with Gasteiger partial charge in [0, 0.05) is 7.11 Å². The lowest BCUT2D eigenvalue weighted by Gasteiger charge is -2.31. The highest BCUT2D eigenvalue weighted by Gasteiger charge is 2.63. The Kier molecular flexibility index (Phi) is 3.79. The van der Waals surface area contributed by atoms with Crippen molar-refractivity contribution in [1.82, 2.24) is 0 Å². The van der Waals surface area contributed by atoms with E-state index in [-0.39, 0.29) is 0 Å². The smallest absolute Gasteiger partial charge is 0.186 e. The monoisotopic (exact) mass is 280 g/mol. The van der Waals surface area contributed by atoms with E-state index < -0.39 is 30.2 Å². The Labute approximate surface area is 118 Å². The number of fused-ring (bicyclic) bond motifs is 1. The van der Waals surface area contributed by atoms with Crippen LogP contribution in [-0.4, -0.2) is 47.5 Å². The summed E-state index contributed by atoms with van der Waals surface area (Å²) in [6, 6.07) is 9.76. The molecule has 0 radical (unpaired) electrons. The molecule has 1 heterocycles. The molecule has 0 amide bonds. The van der Waals surface area contributed by atoms with Crippen LogP contribution in [0.2, 0.25) is 0 Å². The highest BCUT2D eigenvalue weighted by Crippen LogP contribution is 2.46. The second-order valence-electron chi connectivity index (χ2n) is 5.44. The van der Waals surface area contributed by atoms with Crippen molar-refractivity contribution in [2.45, 2.75) is 49.7 Å². The quantitative estimate of drug-likeness (QED) is 0.855. The van der Waals surface area contributed by atoms with E-state index in [0.717, 1.165) is 5.56 Å². The van der Waals surface area contributed by atoms with E-state index in [1.165, 1.54) is 7.11 Å². The van der Waals surface area contributed by atoms with Gasteiger partial charge in [-0.05, 0) is 18.4 Å². The molecule has 0 spiro atoms. The van der Waals surface area contributed by atoms with Gasteiger partial charge in [-0.3, -0.25) is 0 Å². The molecule has 2 N–H and O–H groups in total. The maximum atomic E-state index is 10.4. The molecule has 5 heteroatoms. The van der Waals surface area contributed by atoms with Gasteiger partial charge in [0.05, 0.1) is 12.7 Å². The summed E-state index contributed by atoms with van der Waals surface area (Å²) in [5, 5.41) is 20.4. The Hall–Kier alpha value is -0.980. The molecule has 20 heavy (non-hydrogen) atoms. The summed E-state index contributed by atoms with van der Waals surface area (Å²) >= 11 is 0. The van der Waals surface area contributed by atoms with Crippen molar-refractivity contribution < 1.29 is 24.4 Å². The van der Waals surface area contributed by atoms with Gasteiger partial charge in [0.2, 0.25) is 0 Å². The zero-order valence-electron chi connectivity index (χ0n) is 11.4. The van der Waals surface area contributed by atoms with E-state index in [1.807, 2.05) is 30.3 Å². The van der Waals surface area contributed by atoms with Crippen LogP contribution in [0.25, 0.3) is 0 Å². The minimum absolute atomic E-state index is 0.376. The Morgan fingerprint density at radius 1 is 1.30 bits per heavy atom. The molecule has 1 aliphatic carbocycles. The lowest BCUT2D eigenvalue weighted by molar-refractivity contribution is -0.164. The molecule has 1 aromatic rings. The van der Waals surface area contributed by atoms with E-state index >= 15 is 0 Å². The summed E-state index contributed by atoms with van der Waals surface area (Å²) in [5.74, 6) is 0. The fraction of sp³-hybridized carbons (Fsp3) is 0.600. The van der Waals surface area contributed by atoms with Gasteiger partial charge in [0.1, 0.15) is 17.8 Å². The third kappa shape index (κ3) is 2.16. The lowest BCUT2D eigenvalue weighted by Crippen LogP contribution is -2.49. The Morgan fingerprint density at radius 3 is 2.75 bits per heavy atom. The summed E-state index contributed by atoms with van der Waals surface area (Å²) < 4.78 is 16.7. The van der Waals surface area contributed by atoms with Gasteiger partial charge in [-0.2, -0.15) is 0 Å². The topological polar surface area (TPSA) is 68.2 Å². The van der Waals surface area contributed by atoms with Crippen molar-refractivity contribution in [3.63, 3.8) is 0 Å². The van der Waals surface area contributed by atoms with Crippen molar-refractivity contribution in [2.75, 3.05) is 7.11 Å². The first-order valence-electron chi connectivity index (χ1n) is 6.89. The number of ether oxygens (including phenoxy) is 3. The minimum atomic E-state index is -0.890. The zero-order chi connectivity index (χ0) is 14.2. The molecule has 0 aromatic heterocycles. The molecule has 2 aliphatic rings. The molecule has 1 unspecified atom stereocenters. The molecular weight excluding hydrogens is 260 g/mol. The molecule has 110 valence electrons. The van der Waals surface area contributed by atoms with Crippen LogP contribution in [0.4, 0.5) is 0 Å². The fourth-order valence-electron chi connectivity index (χ4n) is 3.18. The Morgan fingerprint density at radius 2 is 2.05 bits per heavy atom. The third-order valence-corrected chi connectivity index (χ3v) is 4.28. The first-order chi connectivity index (χ1) is 9.67. The van der Waals surface area contributed by atoms with Gasteiger partial charge >= 0.3 is 0 Å². The van der Waals surface area contributed by atoms with Gasteiger partial charge in [-0.1, -0.05) is 30.3 Å². The zero-order valence-corrected chi connectivity index (χ0v) is 11.4. The Bertz CT molecular complexity index is 451. The van der Waals surface area contributed by atoms with Crippen LogP contribution in [0, 0.1) is 0 Å². The summed E-state index contributed by atoms with van der Waals surface area (Å²) in [5.41, 5.74) is 0.144. The number of rotatable bonds is 4. The number of hydrogen-bond donors (Lipinski definition) is 2. The van der Waals surface area contributed by atoms with E-state index in [9.17, 15) is 10.2 Å². The number of aliphatic hydroxyl groups excluding tert-OH is 2. The van der Waals surface area contributed by atoms with Crippen molar-refractivity contribution in [2.24, 2.45) is 0 Å². The lowest BCUT2D eigenvalue weighted by atomic mass is 9.94. The average Bonchev–Trinajstić information content (AvgIpc) is 2.95. The van der Waals surface area contributed by atoms with Crippen LogP contribution in [0.1, 0.15) is 18.4 Å². The van der Waals surface area contributed by atoms with Crippen LogP contribution in [0.3, 0.4) is 0 Å². The summed E-state index contributed by atoms with van der Waals surface area (Å²) in [6.07, 6.45) is -1.67. The van der Waals surface area contributed by atoms with Crippen molar-refractivity contribution in [3.8, 4) is 0 Å². The van der Waals surface area contributed by atoms with Gasteiger partial charge < -0.3 is 24.4 Å². The largest absolute Gasteiger partial charge is 0.390 e. The molecule has 1 aromatic carbocycles. The van der Waals surface area contributed by atoms with E-state index in [2.05, 4.69) is 0 Å². The number of hydrogen-bond acceptors (Lipinski definition) is 5. The predicted octanol–water partition coefficient (Wildman–Crippen LogP) is 0.829. The first kappa shape index (κ1) is 14.0. The molecule has 3 rings (SSSR count). The number of methoxy groups -OCH3 is 1. The van der Waals surface area contributed by atoms with Crippen molar-refractivity contribution in [1.29, 1.82) is 0 Å². The summed E-state index contributed by atoms with van der Waals surface area (Å²) in [6.45, 7) is 0.376. The van der Waals surface area contributed by atoms with Crippen LogP contribution in [0.5, 0.6) is 0 Å². The molecule has 5 atom stereocenters. The Balaban J connectivity index is 1.77. The van der Waals surface area contributed by atoms with Crippen LogP contribution in [-0.2, 0) is 20.8 Å². The van der Waals surface area contributed by atoms with Crippen molar-refractivity contribution in [3.05, 3.63) is 35.9 Å². The van der Waals surface area contributed by atoms with E-state index in [4.69, 9.17) is 14.2 Å². The second kappa shape index (κ2) is 5.42. The van der Waals surface area contributed by atoms with Crippen LogP contribution < -0.4 is 0 Å². The van der Waals surface area contributed by atoms with Crippen molar-refractivity contribution >= 4 is 0 Å². The second-order valence-corrected chi connectivity index (χ2v) is 5.44. The summed E-state index contributed by atoms with van der Waals surface area (Å²) in [4.78, 5) is 0. The molecule has 1 saturated heterocycles. The van der Waals surface area contributed by atoms with Gasteiger partial charge in [0.15, 0.2) is 6.29 Å². The van der Waals surface area contributed by atoms with Crippen LogP contribution >= 0.6 is 0 Å². The average molecular weight is 280 g/mol. The number of benzene rings is 1. The van der Waals surface area contributed by atoms with Gasteiger partial charge in [-0.15, -0.1) is 0 Å². The third-order valence-electron chi connectivity index (χ3n) is 4.28. The fourth-order valence-corrected chi connectivity index (χ4v) is 3.18. The molecule has 5 nitrogen and oxygen atoms in total. The molecular formula is C15H20O5. The first-order valence-corrected chi connectivity index (χ1v) is 6.89. The maximum absolute atomic E-state index is 10.4. The minimum Gasteiger partial charge on any atom is -0.390 e. The standard InChI is InChI=1S/C15H20O5/c1-18-14-12(17)15(8-7-11(16)13(15)20-14)19-9-10-5-3-2-4-6-10/h2-6,11-14,16-17H,7-9H2,1H3/t11-,12+,13-,14?,15+/m1/s1.